The molecule has 2 aromatic carbocycles. The summed E-state index contributed by atoms with van der Waals surface area (Å²) in [6.45, 7) is 10.3. The molecule has 8 heteroatoms. The van der Waals surface area contributed by atoms with Crippen molar-refractivity contribution in [2.45, 2.75) is 33.6 Å². The number of halogens is 1. The molecule has 4 heterocycles. The average molecular weight is 565 g/mol. The zero-order valence-electron chi connectivity index (χ0n) is 24.7. The zero-order valence-corrected chi connectivity index (χ0v) is 24.7. The third kappa shape index (κ3) is 5.59. The first-order valence-corrected chi connectivity index (χ1v) is 14.7. The van der Waals surface area contributed by atoms with Gasteiger partial charge in [0.15, 0.2) is 0 Å². The van der Waals surface area contributed by atoms with Crippen LogP contribution in [0.15, 0.2) is 65.8 Å². The maximum absolute atomic E-state index is 14.8. The van der Waals surface area contributed by atoms with Gasteiger partial charge in [-0.05, 0) is 93.7 Å². The summed E-state index contributed by atoms with van der Waals surface area (Å²) < 4.78 is 22.9. The lowest BCUT2D eigenvalue weighted by Gasteiger charge is -2.15. The molecule has 0 radical (unpaired) electrons. The van der Waals surface area contributed by atoms with Crippen molar-refractivity contribution < 1.29 is 9.13 Å². The summed E-state index contributed by atoms with van der Waals surface area (Å²) in [6.07, 6.45) is 4.33. The summed E-state index contributed by atoms with van der Waals surface area (Å²) in [5.74, 6) is 1.16. The van der Waals surface area contributed by atoms with Gasteiger partial charge in [0.25, 0.3) is 0 Å². The van der Waals surface area contributed by atoms with Crippen LogP contribution >= 0.6 is 0 Å². The van der Waals surface area contributed by atoms with E-state index in [9.17, 15) is 4.39 Å². The van der Waals surface area contributed by atoms with E-state index < -0.39 is 0 Å². The Hall–Kier alpha value is -4.30. The predicted octanol–water partition coefficient (Wildman–Crippen LogP) is 6.72. The molecule has 1 aliphatic rings. The van der Waals surface area contributed by atoms with Gasteiger partial charge in [-0.3, -0.25) is 9.89 Å². The maximum atomic E-state index is 14.8. The van der Waals surface area contributed by atoms with Crippen LogP contribution in [0.1, 0.15) is 42.5 Å². The number of rotatable bonds is 9. The van der Waals surface area contributed by atoms with Gasteiger partial charge in [0.05, 0.1) is 29.0 Å². The first kappa shape index (κ1) is 27.8. The summed E-state index contributed by atoms with van der Waals surface area (Å²) in [5.41, 5.74) is 7.96. The molecule has 1 saturated heterocycles. The zero-order chi connectivity index (χ0) is 29.2. The molecule has 0 bridgehead atoms. The van der Waals surface area contributed by atoms with Gasteiger partial charge in [0, 0.05) is 37.1 Å². The van der Waals surface area contributed by atoms with Gasteiger partial charge in [-0.1, -0.05) is 18.2 Å². The van der Waals surface area contributed by atoms with Crippen LogP contribution in [0.3, 0.4) is 0 Å². The number of hydrogen-bond donors (Lipinski definition) is 1. The molecule has 7 nitrogen and oxygen atoms in total. The molecule has 216 valence electrons. The molecule has 1 aliphatic heterocycles. The molecule has 6 rings (SSSR count). The minimum atomic E-state index is -0.313. The average Bonchev–Trinajstić information content (AvgIpc) is 3.73. The molecule has 3 aromatic heterocycles. The molecular formula is C34H37FN6O. The lowest BCUT2D eigenvalue weighted by atomic mass is 10.0. The van der Waals surface area contributed by atoms with Gasteiger partial charge >= 0.3 is 0 Å². The van der Waals surface area contributed by atoms with Gasteiger partial charge in [-0.15, -0.1) is 0 Å². The molecule has 1 N–H and O–H groups in total. The highest BCUT2D eigenvalue weighted by Crippen LogP contribution is 2.33. The van der Waals surface area contributed by atoms with E-state index in [1.807, 2.05) is 62.0 Å². The van der Waals surface area contributed by atoms with Gasteiger partial charge < -0.3 is 14.3 Å². The standard InChI is InChI=1S/C34H37FN6O/c1-5-36-34(33-22(2)11-12-30(39-33)32-21-37-23(3)40(32)4)31-20-28-27(9-8-10-29(28)38-31)24-17-25(35)19-26(18-24)42-16-15-41-13-6-7-14-41/h8-12,17-21,38H,5-7,13-16H2,1-4H3/b36-34-. The van der Waals surface area contributed by atoms with Crippen LogP contribution in [0.4, 0.5) is 4.39 Å². The van der Waals surface area contributed by atoms with Gasteiger partial charge in [0.2, 0.25) is 0 Å². The van der Waals surface area contributed by atoms with Crippen LogP contribution in [0.25, 0.3) is 33.4 Å². The van der Waals surface area contributed by atoms with Gasteiger partial charge in [0.1, 0.15) is 29.7 Å². The van der Waals surface area contributed by atoms with Crippen LogP contribution < -0.4 is 4.74 Å². The Labute approximate surface area is 246 Å². The first-order chi connectivity index (χ1) is 20.4. The third-order valence-corrected chi connectivity index (χ3v) is 8.10. The van der Waals surface area contributed by atoms with Crippen molar-refractivity contribution in [3.8, 4) is 28.3 Å². The van der Waals surface area contributed by atoms with E-state index in [2.05, 4.69) is 33.9 Å². The van der Waals surface area contributed by atoms with Gasteiger partial charge in [-0.25, -0.2) is 14.4 Å². The number of benzene rings is 2. The Bertz CT molecular complexity index is 1760. The van der Waals surface area contributed by atoms with Gasteiger partial charge in [-0.2, -0.15) is 0 Å². The Morgan fingerprint density at radius 1 is 1.07 bits per heavy atom. The van der Waals surface area contributed by atoms with Crippen molar-refractivity contribution in [3.63, 3.8) is 0 Å². The van der Waals surface area contributed by atoms with Crippen molar-refractivity contribution in [1.82, 2.24) is 24.4 Å². The fourth-order valence-electron chi connectivity index (χ4n) is 5.73. The van der Waals surface area contributed by atoms with Crippen molar-refractivity contribution in [1.29, 1.82) is 0 Å². The minimum Gasteiger partial charge on any atom is -0.492 e. The molecule has 0 unspecified atom stereocenters. The predicted molar refractivity (Wildman–Crippen MR) is 167 cm³/mol. The number of likely N-dealkylation sites (tertiary alicyclic amines) is 1. The number of fused-ring (bicyclic) bond motifs is 1. The summed E-state index contributed by atoms with van der Waals surface area (Å²) >= 11 is 0. The highest BCUT2D eigenvalue weighted by Gasteiger charge is 2.19. The van der Waals surface area contributed by atoms with Crippen molar-refractivity contribution in [2.24, 2.45) is 12.0 Å². The van der Waals surface area contributed by atoms with E-state index in [0.717, 1.165) is 81.5 Å². The summed E-state index contributed by atoms with van der Waals surface area (Å²) in [7, 11) is 2.00. The third-order valence-electron chi connectivity index (χ3n) is 8.10. The number of nitrogens with one attached hydrogen (secondary N) is 1. The van der Waals surface area contributed by atoms with Crippen LogP contribution in [0.2, 0.25) is 0 Å². The molecule has 0 amide bonds. The molecule has 0 spiro atoms. The summed E-state index contributed by atoms with van der Waals surface area (Å²) in [6, 6.07) is 17.2. The Morgan fingerprint density at radius 2 is 1.90 bits per heavy atom. The van der Waals surface area contributed by atoms with E-state index in [1.165, 1.54) is 18.9 Å². The normalized spacial score (nSPS) is 14.3. The molecule has 0 atom stereocenters. The van der Waals surface area contributed by atoms with Crippen LogP contribution in [0.5, 0.6) is 5.75 Å². The summed E-state index contributed by atoms with van der Waals surface area (Å²) in [4.78, 5) is 20.4. The Morgan fingerprint density at radius 3 is 2.67 bits per heavy atom. The number of hydrogen-bond acceptors (Lipinski definition) is 5. The lowest BCUT2D eigenvalue weighted by molar-refractivity contribution is 0.237. The molecule has 42 heavy (non-hydrogen) atoms. The van der Waals surface area contributed by atoms with E-state index in [4.69, 9.17) is 14.7 Å². The fourth-order valence-corrected chi connectivity index (χ4v) is 5.73. The first-order valence-electron chi connectivity index (χ1n) is 14.7. The molecular weight excluding hydrogens is 527 g/mol. The Kier molecular flexibility index (Phi) is 7.89. The number of imidazole rings is 1. The van der Waals surface area contributed by atoms with Crippen LogP contribution in [0, 0.1) is 19.7 Å². The Balaban J connectivity index is 1.35. The summed E-state index contributed by atoms with van der Waals surface area (Å²) in [5, 5.41) is 0.987. The van der Waals surface area contributed by atoms with Crippen molar-refractivity contribution in [2.75, 3.05) is 32.8 Å². The highest BCUT2D eigenvalue weighted by atomic mass is 19.1. The van der Waals surface area contributed by atoms with Crippen LogP contribution in [-0.2, 0) is 7.05 Å². The molecule has 1 fully saturated rings. The number of H-pyrrole nitrogens is 1. The number of aryl methyl sites for hydroxylation is 2. The van der Waals surface area contributed by atoms with Crippen molar-refractivity contribution in [3.05, 3.63) is 89.4 Å². The number of aromatic nitrogens is 4. The van der Waals surface area contributed by atoms with E-state index >= 15 is 0 Å². The SMILES string of the molecule is CC/N=C(/c1cc2c(-c3cc(F)cc(OCCN4CCCC4)c3)cccc2[nH]1)c1nc(-c2cnc(C)n2C)ccc1C. The number of pyridine rings is 1. The minimum absolute atomic E-state index is 0.313. The number of aromatic amines is 1. The number of ether oxygens (including phenoxy) is 1. The molecule has 5 aromatic rings. The molecule has 0 saturated carbocycles. The van der Waals surface area contributed by atoms with Crippen LogP contribution in [-0.4, -0.2) is 62.9 Å². The molecule has 0 aliphatic carbocycles. The van der Waals surface area contributed by atoms with Crippen molar-refractivity contribution >= 4 is 16.6 Å². The fraction of sp³-hybridized carbons (Fsp3) is 0.324. The van der Waals surface area contributed by atoms with E-state index in [0.29, 0.717) is 18.9 Å². The lowest BCUT2D eigenvalue weighted by Crippen LogP contribution is -2.25. The second-order valence-corrected chi connectivity index (χ2v) is 11.0. The second kappa shape index (κ2) is 11.9. The second-order valence-electron chi connectivity index (χ2n) is 11.0. The number of nitrogens with zero attached hydrogens (tertiary/aromatic N) is 5. The van der Waals surface area contributed by atoms with E-state index in [1.54, 1.807) is 6.07 Å². The highest BCUT2D eigenvalue weighted by molar-refractivity contribution is 6.14. The quantitative estimate of drug-likeness (QED) is 0.202. The monoisotopic (exact) mass is 564 g/mol. The van der Waals surface area contributed by atoms with E-state index in [-0.39, 0.29) is 5.82 Å². The smallest absolute Gasteiger partial charge is 0.127 e. The number of aliphatic imine (C=N–C) groups is 1. The largest absolute Gasteiger partial charge is 0.492 e. The topological polar surface area (TPSA) is 71.3 Å². The maximum Gasteiger partial charge on any atom is 0.127 e.